The van der Waals surface area contributed by atoms with E-state index in [9.17, 15) is 0 Å². The van der Waals surface area contributed by atoms with Gasteiger partial charge < -0.3 is 4.90 Å². The molecule has 15 heavy (non-hydrogen) atoms. The van der Waals surface area contributed by atoms with Crippen molar-refractivity contribution < 1.29 is 0 Å². The van der Waals surface area contributed by atoms with Gasteiger partial charge in [-0.2, -0.15) is 0 Å². The first kappa shape index (κ1) is 10.5. The molecule has 1 aliphatic heterocycles. The fourth-order valence-corrected chi connectivity index (χ4v) is 2.25. The fraction of sp³-hybridized carbons (Fsp3) is 0.538. The van der Waals surface area contributed by atoms with E-state index in [1.165, 1.54) is 5.69 Å². The summed E-state index contributed by atoms with van der Waals surface area (Å²) in [4.78, 5) is 4.94. The number of hydrogen-bond donors (Lipinski definition) is 0. The Morgan fingerprint density at radius 2 is 1.53 bits per heavy atom. The summed E-state index contributed by atoms with van der Waals surface area (Å²) in [6.45, 7) is 6.85. The van der Waals surface area contributed by atoms with Gasteiger partial charge in [0.2, 0.25) is 0 Å². The summed E-state index contributed by atoms with van der Waals surface area (Å²) in [5.41, 5.74) is 1.35. The number of rotatable bonds is 1. The molecule has 2 heteroatoms. The van der Waals surface area contributed by atoms with Crippen LogP contribution >= 0.6 is 0 Å². The van der Waals surface area contributed by atoms with Gasteiger partial charge in [-0.3, -0.25) is 4.90 Å². The molecule has 1 aromatic rings. The third kappa shape index (κ3) is 2.15. The molecular formula is C13H20N2. The lowest BCUT2D eigenvalue weighted by Crippen LogP contribution is -2.55. The largest absolute Gasteiger partial charge is 0.368 e. The normalized spacial score (nSPS) is 28.1. The molecule has 0 radical (unpaired) electrons. The highest BCUT2D eigenvalue weighted by Gasteiger charge is 2.26. The zero-order valence-electron chi connectivity index (χ0n) is 9.85. The molecule has 2 unspecified atom stereocenters. The number of benzene rings is 1. The van der Waals surface area contributed by atoms with Crippen molar-refractivity contribution in [1.82, 2.24) is 4.90 Å². The minimum Gasteiger partial charge on any atom is -0.368 e. The summed E-state index contributed by atoms with van der Waals surface area (Å²) in [6.07, 6.45) is 0. The molecule has 1 saturated heterocycles. The molecule has 0 aromatic heterocycles. The van der Waals surface area contributed by atoms with Gasteiger partial charge in [0.25, 0.3) is 0 Å². The molecule has 2 rings (SSSR count). The quantitative estimate of drug-likeness (QED) is 0.692. The van der Waals surface area contributed by atoms with Gasteiger partial charge in [-0.1, -0.05) is 18.2 Å². The number of para-hydroxylation sites is 1. The van der Waals surface area contributed by atoms with Crippen LogP contribution in [-0.4, -0.2) is 37.1 Å². The second-order valence-electron chi connectivity index (χ2n) is 4.60. The van der Waals surface area contributed by atoms with Crippen LogP contribution in [0.2, 0.25) is 0 Å². The van der Waals surface area contributed by atoms with Crippen LogP contribution in [-0.2, 0) is 0 Å². The molecule has 1 aromatic carbocycles. The lowest BCUT2D eigenvalue weighted by Gasteiger charge is -2.43. The zero-order chi connectivity index (χ0) is 10.8. The third-order valence-corrected chi connectivity index (χ3v) is 3.48. The Hall–Kier alpha value is -1.02. The molecule has 0 amide bonds. The van der Waals surface area contributed by atoms with Crippen LogP contribution in [0.25, 0.3) is 0 Å². The summed E-state index contributed by atoms with van der Waals surface area (Å²) >= 11 is 0. The number of nitrogens with zero attached hydrogens (tertiary/aromatic N) is 2. The predicted octanol–water partition coefficient (Wildman–Crippen LogP) is 2.22. The van der Waals surface area contributed by atoms with E-state index in [1.807, 2.05) is 0 Å². The van der Waals surface area contributed by atoms with Crippen molar-refractivity contribution >= 4 is 5.69 Å². The van der Waals surface area contributed by atoms with Crippen LogP contribution in [0, 0.1) is 0 Å². The van der Waals surface area contributed by atoms with Gasteiger partial charge >= 0.3 is 0 Å². The zero-order valence-corrected chi connectivity index (χ0v) is 9.85. The van der Waals surface area contributed by atoms with Crippen LogP contribution in [0.3, 0.4) is 0 Å². The van der Waals surface area contributed by atoms with Crippen molar-refractivity contribution in [1.29, 1.82) is 0 Å². The van der Waals surface area contributed by atoms with Crippen LogP contribution in [0.1, 0.15) is 13.8 Å². The minimum atomic E-state index is 0.633. The average Bonchev–Trinajstić information content (AvgIpc) is 2.26. The molecule has 0 N–H and O–H groups in total. The van der Waals surface area contributed by atoms with E-state index < -0.39 is 0 Å². The Kier molecular flexibility index (Phi) is 2.96. The van der Waals surface area contributed by atoms with Gasteiger partial charge in [-0.05, 0) is 33.0 Å². The maximum absolute atomic E-state index is 2.48. The van der Waals surface area contributed by atoms with Gasteiger partial charge in [-0.15, -0.1) is 0 Å². The summed E-state index contributed by atoms with van der Waals surface area (Å²) in [7, 11) is 2.22. The molecule has 82 valence electrons. The first-order chi connectivity index (χ1) is 7.18. The Balaban J connectivity index is 2.13. The SMILES string of the molecule is CC1CN(c2ccccc2)CC(C)N1C. The van der Waals surface area contributed by atoms with Gasteiger partial charge in [0.15, 0.2) is 0 Å². The fourth-order valence-electron chi connectivity index (χ4n) is 2.25. The average molecular weight is 204 g/mol. The number of piperazine rings is 1. The van der Waals surface area contributed by atoms with Crippen molar-refractivity contribution in [3.63, 3.8) is 0 Å². The molecule has 1 heterocycles. The van der Waals surface area contributed by atoms with Crippen molar-refractivity contribution in [3.05, 3.63) is 30.3 Å². The summed E-state index contributed by atoms with van der Waals surface area (Å²) in [6, 6.07) is 12.0. The van der Waals surface area contributed by atoms with E-state index in [4.69, 9.17) is 0 Å². The maximum atomic E-state index is 2.48. The Bertz CT molecular complexity index is 298. The van der Waals surface area contributed by atoms with Crippen LogP contribution in [0.4, 0.5) is 5.69 Å². The standard InChI is InChI=1S/C13H20N2/c1-11-9-15(10-12(2)14(11)3)13-7-5-4-6-8-13/h4-8,11-12H,9-10H2,1-3H3. The second kappa shape index (κ2) is 4.23. The van der Waals surface area contributed by atoms with E-state index in [0.29, 0.717) is 12.1 Å². The first-order valence-corrected chi connectivity index (χ1v) is 5.70. The number of likely N-dealkylation sites (N-methyl/N-ethyl adjacent to an activating group) is 1. The third-order valence-electron chi connectivity index (χ3n) is 3.48. The second-order valence-corrected chi connectivity index (χ2v) is 4.60. The van der Waals surface area contributed by atoms with E-state index >= 15 is 0 Å². The molecule has 1 fully saturated rings. The van der Waals surface area contributed by atoms with E-state index in [1.54, 1.807) is 0 Å². The van der Waals surface area contributed by atoms with Crippen LogP contribution < -0.4 is 4.90 Å². The monoisotopic (exact) mass is 204 g/mol. The molecule has 0 bridgehead atoms. The van der Waals surface area contributed by atoms with Crippen molar-refractivity contribution in [2.45, 2.75) is 25.9 Å². The van der Waals surface area contributed by atoms with E-state index in [0.717, 1.165) is 13.1 Å². The Labute approximate surface area is 92.5 Å². The smallest absolute Gasteiger partial charge is 0.0367 e. The van der Waals surface area contributed by atoms with Crippen LogP contribution in [0.5, 0.6) is 0 Å². The highest BCUT2D eigenvalue weighted by atomic mass is 15.3. The topological polar surface area (TPSA) is 6.48 Å². The van der Waals surface area contributed by atoms with Crippen molar-refractivity contribution in [2.24, 2.45) is 0 Å². The first-order valence-electron chi connectivity index (χ1n) is 5.70. The van der Waals surface area contributed by atoms with Crippen molar-refractivity contribution in [3.8, 4) is 0 Å². The van der Waals surface area contributed by atoms with E-state index in [2.05, 4.69) is 61.0 Å². The summed E-state index contributed by atoms with van der Waals surface area (Å²) in [5.74, 6) is 0. The Morgan fingerprint density at radius 3 is 2.07 bits per heavy atom. The lowest BCUT2D eigenvalue weighted by molar-refractivity contribution is 0.170. The molecule has 1 aliphatic rings. The highest BCUT2D eigenvalue weighted by Crippen LogP contribution is 2.20. The number of anilines is 1. The molecular weight excluding hydrogens is 184 g/mol. The van der Waals surface area contributed by atoms with Gasteiger partial charge in [0, 0.05) is 30.9 Å². The molecule has 2 atom stereocenters. The van der Waals surface area contributed by atoms with Gasteiger partial charge in [0.1, 0.15) is 0 Å². The number of hydrogen-bond acceptors (Lipinski definition) is 2. The molecule has 0 saturated carbocycles. The van der Waals surface area contributed by atoms with E-state index in [-0.39, 0.29) is 0 Å². The molecule has 0 aliphatic carbocycles. The molecule has 2 nitrogen and oxygen atoms in total. The highest BCUT2D eigenvalue weighted by molar-refractivity contribution is 5.46. The van der Waals surface area contributed by atoms with Gasteiger partial charge in [-0.25, -0.2) is 0 Å². The summed E-state index contributed by atoms with van der Waals surface area (Å²) in [5, 5.41) is 0. The lowest BCUT2D eigenvalue weighted by atomic mass is 10.1. The Morgan fingerprint density at radius 1 is 1.00 bits per heavy atom. The predicted molar refractivity (Wildman–Crippen MR) is 65.3 cm³/mol. The van der Waals surface area contributed by atoms with Crippen LogP contribution in [0.15, 0.2) is 30.3 Å². The maximum Gasteiger partial charge on any atom is 0.0367 e. The van der Waals surface area contributed by atoms with Crippen molar-refractivity contribution in [2.75, 3.05) is 25.0 Å². The van der Waals surface area contributed by atoms with Gasteiger partial charge in [0.05, 0.1) is 0 Å². The molecule has 0 spiro atoms. The summed E-state index contributed by atoms with van der Waals surface area (Å²) < 4.78 is 0. The minimum absolute atomic E-state index is 0.633.